The number of H-pyrrole nitrogens is 1. The van der Waals surface area contributed by atoms with E-state index in [2.05, 4.69) is 9.88 Å². The van der Waals surface area contributed by atoms with E-state index in [4.69, 9.17) is 53.8 Å². The van der Waals surface area contributed by atoms with E-state index in [9.17, 15) is 14.7 Å². The first-order chi connectivity index (χ1) is 24.1. The number of carbonyl (C=O) groups excluding carboxylic acids is 2. The number of halogens is 3. The number of benzene rings is 3. The van der Waals surface area contributed by atoms with Gasteiger partial charge in [-0.2, -0.15) is 0 Å². The van der Waals surface area contributed by atoms with Gasteiger partial charge in [0, 0.05) is 24.6 Å². The molecule has 0 saturated carbocycles. The molecular formula is C37H37Cl3N3O7+. The number of piperidine rings is 3. The topological polar surface area (TPSA) is 112 Å². The number of fused-ring (bicyclic) bond motifs is 3. The molecule has 3 aliphatic rings. The van der Waals surface area contributed by atoms with Crippen LogP contribution in [0.4, 0.5) is 10.5 Å². The summed E-state index contributed by atoms with van der Waals surface area (Å²) >= 11 is 19.5. The fourth-order valence-electron chi connectivity index (χ4n) is 6.46. The van der Waals surface area contributed by atoms with Crippen molar-refractivity contribution >= 4 is 52.6 Å². The number of carbonyl (C=O) groups is 2. The molecule has 3 aliphatic heterocycles. The van der Waals surface area contributed by atoms with E-state index in [1.807, 2.05) is 0 Å². The van der Waals surface area contributed by atoms with Gasteiger partial charge in [0.1, 0.15) is 28.0 Å². The number of anilines is 1. The van der Waals surface area contributed by atoms with Crippen LogP contribution in [0.2, 0.25) is 15.1 Å². The number of hydrogen-bond acceptors (Lipinski definition) is 8. The lowest BCUT2D eigenvalue weighted by molar-refractivity contribution is -0.377. The van der Waals surface area contributed by atoms with E-state index >= 15 is 0 Å². The highest BCUT2D eigenvalue weighted by Gasteiger charge is 2.38. The molecule has 7 rings (SSSR count). The zero-order valence-electron chi connectivity index (χ0n) is 27.5. The summed E-state index contributed by atoms with van der Waals surface area (Å²) < 4.78 is 23.0. The number of aromatic nitrogens is 1. The number of nitrogens with one attached hydrogen (secondary N) is 1. The van der Waals surface area contributed by atoms with E-state index < -0.39 is 18.2 Å². The normalized spacial score (nSPS) is 18.6. The van der Waals surface area contributed by atoms with Gasteiger partial charge in [0.05, 0.1) is 37.0 Å². The number of nitrogens with zero attached hydrogens (tertiary/aromatic N) is 2. The van der Waals surface area contributed by atoms with Gasteiger partial charge in [0.2, 0.25) is 0 Å². The summed E-state index contributed by atoms with van der Waals surface area (Å²) in [5.41, 5.74) is 2.55. The maximum atomic E-state index is 13.7. The standard InChI is InChI=1S/C37H36Cl3N3O7/c1-47-32-10-7-25(15-34(32)48-2)33(17-27-29(39)18-41-19-30(27)40)49-36(45)24-5-3-22(4-6-24)20-43(31-16-26(44)8-9-28(31)38)37(46)50-35-21-42-13-11-23(35)12-14-42/h3-10,15-16,18-19,23,33,35,44H,11-14,17,20-21H2,1-2H3/p+1/t33-,35-/m0/s1. The second-order valence-corrected chi connectivity index (χ2v) is 13.5. The Balaban J connectivity index is 1.22. The molecule has 3 saturated heterocycles. The van der Waals surface area contributed by atoms with Crippen molar-refractivity contribution in [1.29, 1.82) is 0 Å². The van der Waals surface area contributed by atoms with Crippen molar-refractivity contribution in [3.8, 4) is 17.2 Å². The Kier molecular flexibility index (Phi) is 11.2. The number of phenols is 1. The van der Waals surface area contributed by atoms with Gasteiger partial charge in [-0.05, 0) is 79.4 Å². The van der Waals surface area contributed by atoms with Crippen LogP contribution in [-0.2, 0) is 22.4 Å². The Hall–Kier alpha value is -4.22. The summed E-state index contributed by atoms with van der Waals surface area (Å²) in [5, 5.41) is 11.3. The molecule has 10 nitrogen and oxygen atoms in total. The molecule has 1 amide bonds. The molecule has 13 heteroatoms. The maximum absolute atomic E-state index is 13.7. The minimum atomic E-state index is -0.788. The molecule has 0 aliphatic carbocycles. The number of pyridine rings is 1. The van der Waals surface area contributed by atoms with Crippen molar-refractivity contribution in [3.05, 3.63) is 110 Å². The van der Waals surface area contributed by atoms with Gasteiger partial charge in [-0.15, -0.1) is 0 Å². The summed E-state index contributed by atoms with van der Waals surface area (Å²) in [7, 11) is 3.07. The van der Waals surface area contributed by atoms with E-state index in [1.165, 1.54) is 37.3 Å². The molecule has 2 bridgehead atoms. The van der Waals surface area contributed by atoms with Gasteiger partial charge >= 0.3 is 12.1 Å². The summed E-state index contributed by atoms with van der Waals surface area (Å²) in [6, 6.07) is 16.4. The first kappa shape index (κ1) is 35.6. The molecule has 0 radical (unpaired) electrons. The van der Waals surface area contributed by atoms with Gasteiger partial charge in [-0.3, -0.25) is 9.80 Å². The predicted octanol–water partition coefficient (Wildman–Crippen LogP) is 7.56. The second kappa shape index (κ2) is 15.8. The number of aromatic amines is 1. The lowest BCUT2D eigenvalue weighted by atomic mass is 9.86. The summed E-state index contributed by atoms with van der Waals surface area (Å²) in [6.07, 6.45) is 3.80. The summed E-state index contributed by atoms with van der Waals surface area (Å²) in [5.74, 6) is 0.684. The molecular weight excluding hydrogens is 705 g/mol. The van der Waals surface area contributed by atoms with Crippen LogP contribution in [0.5, 0.6) is 17.2 Å². The van der Waals surface area contributed by atoms with Crippen LogP contribution in [0.15, 0.2) is 73.1 Å². The third-order valence-electron chi connectivity index (χ3n) is 9.23. The first-order valence-corrected chi connectivity index (χ1v) is 17.3. The number of rotatable bonds is 11. The Bertz CT molecular complexity index is 1830. The smallest absolute Gasteiger partial charge is 0.414 e. The lowest BCUT2D eigenvalue weighted by Crippen LogP contribution is -2.53. The van der Waals surface area contributed by atoms with Crippen LogP contribution in [0, 0.1) is 5.92 Å². The predicted molar refractivity (Wildman–Crippen MR) is 190 cm³/mol. The molecule has 1 aromatic heterocycles. The van der Waals surface area contributed by atoms with E-state index in [0.717, 1.165) is 25.9 Å². The molecule has 2 atom stereocenters. The summed E-state index contributed by atoms with van der Waals surface area (Å²) in [6.45, 7) is 2.79. The molecule has 4 heterocycles. The minimum absolute atomic E-state index is 0.0385. The highest BCUT2D eigenvalue weighted by atomic mass is 35.5. The van der Waals surface area contributed by atoms with Crippen LogP contribution in [0.3, 0.4) is 0 Å². The quantitative estimate of drug-likeness (QED) is 0.157. The molecule has 262 valence electrons. The fraction of sp³-hybridized carbons (Fsp3) is 0.324. The van der Waals surface area contributed by atoms with Crippen molar-refractivity contribution in [3.63, 3.8) is 0 Å². The first-order valence-electron chi connectivity index (χ1n) is 16.2. The second-order valence-electron chi connectivity index (χ2n) is 12.3. The van der Waals surface area contributed by atoms with Crippen LogP contribution in [-0.4, -0.2) is 62.0 Å². The number of methoxy groups -OCH3 is 2. The van der Waals surface area contributed by atoms with Crippen molar-refractivity contribution in [1.82, 2.24) is 4.90 Å². The number of esters is 1. The van der Waals surface area contributed by atoms with Gasteiger partial charge < -0.3 is 24.1 Å². The van der Waals surface area contributed by atoms with Gasteiger partial charge in [0.25, 0.3) is 0 Å². The van der Waals surface area contributed by atoms with Crippen LogP contribution < -0.4 is 19.4 Å². The van der Waals surface area contributed by atoms with Crippen molar-refractivity contribution in [2.45, 2.75) is 38.0 Å². The van der Waals surface area contributed by atoms with Crippen molar-refractivity contribution in [2.75, 3.05) is 38.8 Å². The highest BCUT2D eigenvalue weighted by molar-refractivity contribution is 6.35. The fourth-order valence-corrected chi connectivity index (χ4v) is 7.21. The Morgan fingerprint density at radius 1 is 0.920 bits per heavy atom. The Morgan fingerprint density at radius 3 is 2.26 bits per heavy atom. The Labute approximate surface area is 305 Å². The van der Waals surface area contributed by atoms with E-state index in [-0.39, 0.29) is 35.4 Å². The van der Waals surface area contributed by atoms with Gasteiger partial charge in [-0.1, -0.05) is 53.0 Å². The van der Waals surface area contributed by atoms with E-state index in [0.29, 0.717) is 56.4 Å². The highest BCUT2D eigenvalue weighted by Crippen LogP contribution is 2.37. The Morgan fingerprint density at radius 2 is 1.62 bits per heavy atom. The monoisotopic (exact) mass is 740 g/mol. The zero-order chi connectivity index (χ0) is 35.4. The van der Waals surface area contributed by atoms with Gasteiger partial charge in [-0.25, -0.2) is 14.6 Å². The van der Waals surface area contributed by atoms with E-state index in [1.54, 1.807) is 54.9 Å². The van der Waals surface area contributed by atoms with Crippen LogP contribution >= 0.6 is 34.8 Å². The molecule has 3 fully saturated rings. The van der Waals surface area contributed by atoms with Gasteiger partial charge in [0.15, 0.2) is 23.9 Å². The number of phenolic OH excluding ortho intramolecular Hbond substituents is 1. The number of aromatic hydroxyl groups is 1. The molecule has 0 spiro atoms. The number of amides is 1. The maximum Gasteiger partial charge on any atom is 0.414 e. The number of hydrogen-bond donors (Lipinski definition) is 1. The SMILES string of the molecule is COc1ccc([C@H](Cc2c(Cl)c[nH+]cc2Cl)OC(=O)c2ccc(CN(C(=O)O[C@H]3CN4CCC3CC4)c3cc(O)ccc3Cl)cc2)cc1OC. The third-order valence-corrected chi connectivity index (χ3v) is 10.2. The molecule has 50 heavy (non-hydrogen) atoms. The summed E-state index contributed by atoms with van der Waals surface area (Å²) in [4.78, 5) is 33.9. The van der Waals surface area contributed by atoms with Crippen molar-refractivity contribution < 1.29 is 38.6 Å². The molecule has 2 N–H and O–H groups in total. The molecule has 0 unspecified atom stereocenters. The average Bonchev–Trinajstić information content (AvgIpc) is 3.13. The van der Waals surface area contributed by atoms with Crippen LogP contribution in [0.1, 0.15) is 46.0 Å². The van der Waals surface area contributed by atoms with Crippen molar-refractivity contribution in [2.24, 2.45) is 5.92 Å². The minimum Gasteiger partial charge on any atom is -0.508 e. The molecule has 4 aromatic rings. The molecule has 3 aromatic carbocycles. The van der Waals surface area contributed by atoms with Crippen LogP contribution in [0.25, 0.3) is 0 Å². The largest absolute Gasteiger partial charge is 0.508 e. The third kappa shape index (κ3) is 8.05. The zero-order valence-corrected chi connectivity index (χ0v) is 29.8. The average molecular weight is 742 g/mol. The lowest BCUT2D eigenvalue weighted by Gasteiger charge is -2.44. The number of ether oxygens (including phenoxy) is 4.